The van der Waals surface area contributed by atoms with E-state index < -0.39 is 9.05 Å². The first-order chi connectivity index (χ1) is 9.61. The van der Waals surface area contributed by atoms with Gasteiger partial charge in [-0.1, -0.05) is 18.5 Å². The van der Waals surface area contributed by atoms with Gasteiger partial charge in [0.15, 0.2) is 0 Å². The van der Waals surface area contributed by atoms with Gasteiger partial charge in [-0.2, -0.15) is 0 Å². The number of carbonyl (C=O) groups is 1. The predicted molar refractivity (Wildman–Crippen MR) is 86.5 cm³/mol. The van der Waals surface area contributed by atoms with Gasteiger partial charge >= 0.3 is 0 Å². The Morgan fingerprint density at radius 2 is 2.00 bits per heavy atom. The van der Waals surface area contributed by atoms with Crippen molar-refractivity contribution in [2.45, 2.75) is 31.2 Å². The van der Waals surface area contributed by atoms with Crippen LogP contribution in [0.4, 0.5) is 0 Å². The van der Waals surface area contributed by atoms with Crippen LogP contribution in [0.5, 0.6) is 0 Å². The highest BCUT2D eigenvalue weighted by Gasteiger charge is 2.32. The van der Waals surface area contributed by atoms with E-state index in [1.165, 1.54) is 12.1 Å². The zero-order valence-corrected chi connectivity index (χ0v) is 15.4. The summed E-state index contributed by atoms with van der Waals surface area (Å²) < 4.78 is 23.3. The van der Waals surface area contributed by atoms with Crippen LogP contribution in [-0.2, 0) is 9.05 Å². The lowest BCUT2D eigenvalue weighted by molar-refractivity contribution is 0.0743. The number of carbonyl (C=O) groups excluding carboxylic acids is 1. The zero-order chi connectivity index (χ0) is 15.9. The largest absolute Gasteiger partial charge is 0.336 e. The molecule has 1 aromatic carbocycles. The molecule has 1 heterocycles. The minimum Gasteiger partial charge on any atom is -0.336 e. The van der Waals surface area contributed by atoms with Crippen molar-refractivity contribution in [3.8, 4) is 0 Å². The van der Waals surface area contributed by atoms with Gasteiger partial charge in [0, 0.05) is 27.7 Å². The van der Waals surface area contributed by atoms with E-state index in [0.29, 0.717) is 16.9 Å². The van der Waals surface area contributed by atoms with Crippen LogP contribution in [0.3, 0.4) is 0 Å². The molecule has 1 aliphatic heterocycles. The average Bonchev–Trinajstić information content (AvgIpc) is 2.69. The Morgan fingerprint density at radius 3 is 2.48 bits per heavy atom. The molecular formula is C13H14BrCl2NO3S. The molecule has 0 N–H and O–H groups in total. The van der Waals surface area contributed by atoms with Gasteiger partial charge in [-0.25, -0.2) is 8.42 Å². The molecule has 1 aromatic rings. The molecule has 1 saturated heterocycles. The summed E-state index contributed by atoms with van der Waals surface area (Å²) in [5.74, 6) is 0.130. The van der Waals surface area contributed by atoms with Gasteiger partial charge in [0.1, 0.15) is 0 Å². The average molecular weight is 415 g/mol. The van der Waals surface area contributed by atoms with Crippen LogP contribution in [0.1, 0.15) is 30.6 Å². The van der Waals surface area contributed by atoms with Gasteiger partial charge in [0.2, 0.25) is 0 Å². The maximum Gasteiger partial charge on any atom is 0.261 e. The molecule has 0 bridgehead atoms. The minimum absolute atomic E-state index is 0.0959. The fourth-order valence-electron chi connectivity index (χ4n) is 2.60. The number of hydrogen-bond acceptors (Lipinski definition) is 3. The Labute approximate surface area is 142 Å². The van der Waals surface area contributed by atoms with Crippen LogP contribution in [0, 0.1) is 5.92 Å². The summed E-state index contributed by atoms with van der Waals surface area (Å²) in [5, 5.41) is 0.191. The highest BCUT2D eigenvalue weighted by molar-refractivity contribution is 9.10. The van der Waals surface area contributed by atoms with Crippen LogP contribution in [0.25, 0.3) is 0 Å². The molecule has 2 atom stereocenters. The van der Waals surface area contributed by atoms with Crippen molar-refractivity contribution in [3.63, 3.8) is 0 Å². The second-order valence-electron chi connectivity index (χ2n) is 5.35. The molecule has 21 heavy (non-hydrogen) atoms. The molecule has 0 aromatic heterocycles. The fourth-order valence-corrected chi connectivity index (χ4v) is 4.18. The van der Waals surface area contributed by atoms with Crippen molar-refractivity contribution < 1.29 is 13.2 Å². The molecule has 4 nitrogen and oxygen atoms in total. The van der Waals surface area contributed by atoms with Gasteiger partial charge in [0.05, 0.1) is 15.5 Å². The lowest BCUT2D eigenvalue weighted by Gasteiger charge is -2.22. The van der Waals surface area contributed by atoms with E-state index in [1.807, 2.05) is 6.92 Å². The summed E-state index contributed by atoms with van der Waals surface area (Å²) in [6.45, 7) is 4.67. The summed E-state index contributed by atoms with van der Waals surface area (Å²) in [6.07, 6.45) is 0.915. The van der Waals surface area contributed by atoms with Gasteiger partial charge < -0.3 is 4.90 Å². The standard InChI is InChI=1S/C13H14BrCl2NO3S/c1-7-3-8(2)17(6-7)13(18)10-4-9(21(16,19)20)5-11(14)12(10)15/h4-5,7-8H,3,6H2,1-2H3. The number of amides is 1. The van der Waals surface area contributed by atoms with Crippen molar-refractivity contribution in [2.24, 2.45) is 5.92 Å². The maximum atomic E-state index is 12.6. The van der Waals surface area contributed by atoms with Crippen LogP contribution >= 0.6 is 38.2 Å². The number of nitrogens with zero attached hydrogens (tertiary/aromatic N) is 1. The van der Waals surface area contributed by atoms with E-state index in [-0.39, 0.29) is 27.4 Å². The number of rotatable bonds is 2. The van der Waals surface area contributed by atoms with Crippen molar-refractivity contribution in [1.82, 2.24) is 4.90 Å². The molecule has 0 saturated carbocycles. The summed E-state index contributed by atoms with van der Waals surface area (Å²) in [4.78, 5) is 14.2. The van der Waals surface area contributed by atoms with Gasteiger partial charge in [-0.3, -0.25) is 4.79 Å². The first kappa shape index (κ1) is 17.1. The normalized spacial score (nSPS) is 22.6. The quantitative estimate of drug-likeness (QED) is 0.689. The molecule has 2 unspecified atom stereocenters. The Balaban J connectivity index is 2.48. The summed E-state index contributed by atoms with van der Waals surface area (Å²) >= 11 is 9.31. The Bertz CT molecular complexity index is 693. The second kappa shape index (κ2) is 6.07. The molecule has 0 aliphatic carbocycles. The SMILES string of the molecule is CC1CC(C)N(C(=O)c2cc(S(=O)(=O)Cl)cc(Br)c2Cl)C1. The number of halogens is 3. The predicted octanol–water partition coefficient (Wildman–Crippen LogP) is 3.90. The third kappa shape index (κ3) is 3.55. The second-order valence-corrected chi connectivity index (χ2v) is 9.15. The van der Waals surface area contributed by atoms with Gasteiger partial charge in [0.25, 0.3) is 15.0 Å². The third-order valence-electron chi connectivity index (χ3n) is 3.56. The van der Waals surface area contributed by atoms with E-state index >= 15 is 0 Å². The lowest BCUT2D eigenvalue weighted by atomic mass is 10.1. The van der Waals surface area contributed by atoms with E-state index in [4.69, 9.17) is 22.3 Å². The van der Waals surface area contributed by atoms with E-state index in [2.05, 4.69) is 22.9 Å². The van der Waals surface area contributed by atoms with E-state index in [0.717, 1.165) is 6.42 Å². The Kier molecular flexibility index (Phi) is 4.93. The summed E-state index contributed by atoms with van der Waals surface area (Å²) in [6, 6.07) is 2.61. The first-order valence-corrected chi connectivity index (χ1v) is 9.84. The van der Waals surface area contributed by atoms with Crippen molar-refractivity contribution in [1.29, 1.82) is 0 Å². The molecule has 1 amide bonds. The molecule has 8 heteroatoms. The summed E-state index contributed by atoms with van der Waals surface area (Å²) in [7, 11) is 1.42. The fraction of sp³-hybridized carbons (Fsp3) is 0.462. The van der Waals surface area contributed by atoms with Gasteiger partial charge in [-0.05, 0) is 47.3 Å². The summed E-state index contributed by atoms with van der Waals surface area (Å²) in [5.41, 5.74) is 0.145. The number of likely N-dealkylation sites (tertiary alicyclic amines) is 1. The smallest absolute Gasteiger partial charge is 0.261 e. The monoisotopic (exact) mass is 413 g/mol. The molecule has 1 aliphatic rings. The van der Waals surface area contributed by atoms with Crippen LogP contribution < -0.4 is 0 Å². The molecular weight excluding hydrogens is 401 g/mol. The van der Waals surface area contributed by atoms with E-state index in [1.54, 1.807) is 4.90 Å². The third-order valence-corrected chi connectivity index (χ3v) is 6.15. The maximum absolute atomic E-state index is 12.6. The van der Waals surface area contributed by atoms with Crippen LogP contribution in [0.2, 0.25) is 5.02 Å². The van der Waals surface area contributed by atoms with Crippen LogP contribution in [-0.4, -0.2) is 31.8 Å². The number of benzene rings is 1. The van der Waals surface area contributed by atoms with Crippen molar-refractivity contribution >= 4 is 53.2 Å². The molecule has 2 rings (SSSR count). The van der Waals surface area contributed by atoms with Crippen LogP contribution in [0.15, 0.2) is 21.5 Å². The highest BCUT2D eigenvalue weighted by Crippen LogP contribution is 2.33. The molecule has 0 spiro atoms. The van der Waals surface area contributed by atoms with E-state index in [9.17, 15) is 13.2 Å². The molecule has 1 fully saturated rings. The zero-order valence-electron chi connectivity index (χ0n) is 11.4. The lowest BCUT2D eigenvalue weighted by Crippen LogP contribution is -2.34. The van der Waals surface area contributed by atoms with Crippen molar-refractivity contribution in [3.05, 3.63) is 27.2 Å². The van der Waals surface area contributed by atoms with Crippen molar-refractivity contribution in [2.75, 3.05) is 6.54 Å². The first-order valence-electron chi connectivity index (χ1n) is 6.36. The Morgan fingerprint density at radius 1 is 1.38 bits per heavy atom. The van der Waals surface area contributed by atoms with Gasteiger partial charge in [-0.15, -0.1) is 0 Å². The Hall–Kier alpha value is -0.300. The molecule has 0 radical (unpaired) electrons. The number of hydrogen-bond donors (Lipinski definition) is 0. The highest BCUT2D eigenvalue weighted by atomic mass is 79.9. The molecule has 116 valence electrons. The topological polar surface area (TPSA) is 54.5 Å². The minimum atomic E-state index is -3.93.